The van der Waals surface area contributed by atoms with E-state index >= 15 is 0 Å². The van der Waals surface area contributed by atoms with Gasteiger partial charge in [0.05, 0.1) is 12.5 Å². The summed E-state index contributed by atoms with van der Waals surface area (Å²) >= 11 is 0. The molecule has 94 valence electrons. The molecule has 0 saturated heterocycles. The topological polar surface area (TPSA) is 64.3 Å². The summed E-state index contributed by atoms with van der Waals surface area (Å²) in [7, 11) is 1.63. The third-order valence-electron chi connectivity index (χ3n) is 2.78. The zero-order chi connectivity index (χ0) is 12.8. The normalized spacial score (nSPS) is 14.1. The quantitative estimate of drug-likeness (QED) is 0.818. The Morgan fingerprint density at radius 1 is 1.41 bits per heavy atom. The van der Waals surface area contributed by atoms with Crippen molar-refractivity contribution in [1.82, 2.24) is 0 Å². The lowest BCUT2D eigenvalue weighted by atomic mass is 10.0. The van der Waals surface area contributed by atoms with Gasteiger partial charge in [-0.15, -0.1) is 0 Å². The molecule has 17 heavy (non-hydrogen) atoms. The van der Waals surface area contributed by atoms with E-state index in [4.69, 9.17) is 10.5 Å². The lowest BCUT2D eigenvalue weighted by molar-refractivity contribution is -0.119. The summed E-state index contributed by atoms with van der Waals surface area (Å²) in [6.45, 7) is 4.12. The second kappa shape index (κ2) is 6.37. The molecule has 4 nitrogen and oxygen atoms in total. The van der Waals surface area contributed by atoms with Crippen molar-refractivity contribution >= 4 is 11.6 Å². The van der Waals surface area contributed by atoms with Crippen molar-refractivity contribution in [2.45, 2.75) is 26.5 Å². The first-order valence-corrected chi connectivity index (χ1v) is 5.69. The fourth-order valence-electron chi connectivity index (χ4n) is 1.41. The van der Waals surface area contributed by atoms with Crippen LogP contribution in [0.5, 0.6) is 0 Å². The number of hydrogen-bond donors (Lipinski definition) is 2. The molecule has 0 saturated carbocycles. The average molecular weight is 236 g/mol. The largest absolute Gasteiger partial charge is 0.380 e. The fraction of sp³-hybridized carbons (Fsp3) is 0.462. The summed E-state index contributed by atoms with van der Waals surface area (Å²) in [5.41, 5.74) is 7.44. The molecule has 4 heteroatoms. The minimum Gasteiger partial charge on any atom is -0.380 e. The van der Waals surface area contributed by atoms with Crippen LogP contribution in [0.25, 0.3) is 0 Å². The average Bonchev–Trinajstić information content (AvgIpc) is 2.30. The maximum atomic E-state index is 11.9. The van der Waals surface area contributed by atoms with Gasteiger partial charge in [-0.3, -0.25) is 4.79 Å². The highest BCUT2D eigenvalue weighted by molar-refractivity contribution is 5.93. The molecule has 1 amide bonds. The highest BCUT2D eigenvalue weighted by Crippen LogP contribution is 2.17. The standard InChI is InChI=1S/C13H20N2O2/c1-9(10(2)14)13(16)15-12-7-5-4-6-11(12)8-17-3/h4-7,9-10H,8,14H2,1-3H3,(H,15,16). The Balaban J connectivity index is 2.77. The van der Waals surface area contributed by atoms with Crippen LogP contribution in [0.2, 0.25) is 0 Å². The molecule has 0 radical (unpaired) electrons. The Morgan fingerprint density at radius 2 is 2.06 bits per heavy atom. The van der Waals surface area contributed by atoms with Crippen LogP contribution in [-0.4, -0.2) is 19.1 Å². The van der Waals surface area contributed by atoms with Gasteiger partial charge < -0.3 is 15.8 Å². The minimum atomic E-state index is -0.217. The van der Waals surface area contributed by atoms with Crippen LogP contribution in [0.1, 0.15) is 19.4 Å². The Hall–Kier alpha value is -1.39. The highest BCUT2D eigenvalue weighted by atomic mass is 16.5. The molecule has 0 fully saturated rings. The summed E-state index contributed by atoms with van der Waals surface area (Å²) in [4.78, 5) is 11.9. The second-order valence-corrected chi connectivity index (χ2v) is 4.23. The molecule has 1 aromatic carbocycles. The van der Waals surface area contributed by atoms with E-state index in [0.717, 1.165) is 11.3 Å². The van der Waals surface area contributed by atoms with E-state index in [2.05, 4.69) is 5.32 Å². The SMILES string of the molecule is COCc1ccccc1NC(=O)C(C)C(C)N. The molecular weight excluding hydrogens is 216 g/mol. The zero-order valence-electron chi connectivity index (χ0n) is 10.6. The molecule has 3 N–H and O–H groups in total. The molecule has 0 aliphatic rings. The highest BCUT2D eigenvalue weighted by Gasteiger charge is 2.17. The summed E-state index contributed by atoms with van der Waals surface area (Å²) in [5.74, 6) is -0.283. The molecular formula is C13H20N2O2. The van der Waals surface area contributed by atoms with Crippen LogP contribution in [0, 0.1) is 5.92 Å². The van der Waals surface area contributed by atoms with Crippen molar-refractivity contribution < 1.29 is 9.53 Å². The molecule has 0 aliphatic heterocycles. The number of methoxy groups -OCH3 is 1. The molecule has 1 aromatic rings. The number of nitrogens with one attached hydrogen (secondary N) is 1. The van der Waals surface area contributed by atoms with Gasteiger partial charge in [0.15, 0.2) is 0 Å². The third-order valence-corrected chi connectivity index (χ3v) is 2.78. The Morgan fingerprint density at radius 3 is 2.65 bits per heavy atom. The predicted molar refractivity (Wildman–Crippen MR) is 68.6 cm³/mol. The van der Waals surface area contributed by atoms with Crippen LogP contribution in [-0.2, 0) is 16.1 Å². The van der Waals surface area contributed by atoms with Gasteiger partial charge in [-0.05, 0) is 13.0 Å². The van der Waals surface area contributed by atoms with Crippen LogP contribution in [0.4, 0.5) is 5.69 Å². The molecule has 1 rings (SSSR count). The number of para-hydroxylation sites is 1. The first-order chi connectivity index (χ1) is 8.06. The first kappa shape index (κ1) is 13.7. The van der Waals surface area contributed by atoms with Crippen molar-refractivity contribution in [2.75, 3.05) is 12.4 Å². The summed E-state index contributed by atoms with van der Waals surface area (Å²) < 4.78 is 5.08. The molecule has 2 unspecified atom stereocenters. The van der Waals surface area contributed by atoms with Crippen molar-refractivity contribution in [3.05, 3.63) is 29.8 Å². The first-order valence-electron chi connectivity index (χ1n) is 5.69. The van der Waals surface area contributed by atoms with Gasteiger partial charge in [0.1, 0.15) is 0 Å². The number of rotatable bonds is 5. The molecule has 0 aromatic heterocycles. The van der Waals surface area contributed by atoms with E-state index in [1.807, 2.05) is 38.1 Å². The van der Waals surface area contributed by atoms with E-state index in [1.165, 1.54) is 0 Å². The number of carbonyl (C=O) groups is 1. The van der Waals surface area contributed by atoms with Crippen LogP contribution < -0.4 is 11.1 Å². The Labute approximate surface area is 102 Å². The summed E-state index contributed by atoms with van der Waals surface area (Å²) in [5, 5.41) is 2.88. The van der Waals surface area contributed by atoms with Gasteiger partial charge in [0, 0.05) is 24.4 Å². The predicted octanol–water partition coefficient (Wildman–Crippen LogP) is 1.75. The molecule has 0 bridgehead atoms. The van der Waals surface area contributed by atoms with Gasteiger partial charge in [0.2, 0.25) is 5.91 Å². The fourth-order valence-corrected chi connectivity index (χ4v) is 1.41. The van der Waals surface area contributed by atoms with E-state index in [9.17, 15) is 4.79 Å². The lowest BCUT2D eigenvalue weighted by Gasteiger charge is -2.17. The van der Waals surface area contributed by atoms with Gasteiger partial charge in [-0.1, -0.05) is 25.1 Å². The van der Waals surface area contributed by atoms with Crippen molar-refractivity contribution in [2.24, 2.45) is 11.7 Å². The summed E-state index contributed by atoms with van der Waals surface area (Å²) in [6.07, 6.45) is 0. The van der Waals surface area contributed by atoms with E-state index in [1.54, 1.807) is 7.11 Å². The number of nitrogens with two attached hydrogens (primary N) is 1. The Bertz CT molecular complexity index is 377. The third kappa shape index (κ3) is 3.84. The minimum absolute atomic E-state index is 0.0662. The van der Waals surface area contributed by atoms with Crippen molar-refractivity contribution in [1.29, 1.82) is 0 Å². The Kier molecular flexibility index (Phi) is 5.12. The number of ether oxygens (including phenoxy) is 1. The van der Waals surface area contributed by atoms with Crippen LogP contribution in [0.15, 0.2) is 24.3 Å². The number of amides is 1. The maximum Gasteiger partial charge on any atom is 0.228 e. The second-order valence-electron chi connectivity index (χ2n) is 4.23. The van der Waals surface area contributed by atoms with E-state index in [-0.39, 0.29) is 17.9 Å². The van der Waals surface area contributed by atoms with Crippen molar-refractivity contribution in [3.8, 4) is 0 Å². The van der Waals surface area contributed by atoms with Crippen LogP contribution >= 0.6 is 0 Å². The smallest absolute Gasteiger partial charge is 0.228 e. The van der Waals surface area contributed by atoms with Crippen molar-refractivity contribution in [3.63, 3.8) is 0 Å². The van der Waals surface area contributed by atoms with E-state index in [0.29, 0.717) is 6.61 Å². The zero-order valence-corrected chi connectivity index (χ0v) is 10.6. The number of anilines is 1. The van der Waals surface area contributed by atoms with Gasteiger partial charge >= 0.3 is 0 Å². The van der Waals surface area contributed by atoms with Crippen LogP contribution in [0.3, 0.4) is 0 Å². The molecule has 0 aliphatic carbocycles. The summed E-state index contributed by atoms with van der Waals surface area (Å²) in [6, 6.07) is 7.42. The molecule has 2 atom stereocenters. The molecule has 0 spiro atoms. The van der Waals surface area contributed by atoms with Gasteiger partial charge in [-0.2, -0.15) is 0 Å². The van der Waals surface area contributed by atoms with E-state index < -0.39 is 0 Å². The number of hydrogen-bond acceptors (Lipinski definition) is 3. The number of carbonyl (C=O) groups excluding carboxylic acids is 1. The lowest BCUT2D eigenvalue weighted by Crippen LogP contribution is -2.34. The van der Waals surface area contributed by atoms with Gasteiger partial charge in [0.25, 0.3) is 0 Å². The molecule has 0 heterocycles. The maximum absolute atomic E-state index is 11.9. The van der Waals surface area contributed by atoms with Gasteiger partial charge in [-0.25, -0.2) is 0 Å². The monoisotopic (exact) mass is 236 g/mol. The number of benzene rings is 1.